The molecule has 1 aromatic heterocycles. The summed E-state index contributed by atoms with van der Waals surface area (Å²) in [6.45, 7) is 0. The number of carbonyl (C=O) groups excluding carboxylic acids is 1. The molecule has 0 unspecified atom stereocenters. The lowest BCUT2D eigenvalue weighted by molar-refractivity contribution is 0.0602. The highest BCUT2D eigenvalue weighted by Gasteiger charge is 2.17. The van der Waals surface area contributed by atoms with Gasteiger partial charge in [0.15, 0.2) is 0 Å². The van der Waals surface area contributed by atoms with Gasteiger partial charge in [-0.15, -0.1) is 0 Å². The average Bonchev–Trinajstić information content (AvgIpc) is 2.12. The van der Waals surface area contributed by atoms with Crippen LogP contribution in [0.4, 0.5) is 5.69 Å². The van der Waals surface area contributed by atoms with Crippen molar-refractivity contribution in [3.8, 4) is 0 Å². The van der Waals surface area contributed by atoms with Crippen LogP contribution in [0.5, 0.6) is 0 Å². The minimum Gasteiger partial charge on any atom is -0.465 e. The van der Waals surface area contributed by atoms with E-state index in [9.17, 15) is 4.79 Å². The van der Waals surface area contributed by atoms with Crippen LogP contribution < -0.4 is 5.73 Å². The van der Waals surface area contributed by atoms with Crippen molar-refractivity contribution in [3.63, 3.8) is 0 Å². The van der Waals surface area contributed by atoms with Gasteiger partial charge in [-0.1, -0.05) is 23.2 Å². The summed E-state index contributed by atoms with van der Waals surface area (Å²) in [6, 6.07) is 0. The van der Waals surface area contributed by atoms with E-state index in [4.69, 9.17) is 28.9 Å². The van der Waals surface area contributed by atoms with Crippen LogP contribution in [0, 0.1) is 0 Å². The first kappa shape index (κ1) is 10.1. The van der Waals surface area contributed by atoms with Crippen LogP contribution in [0.2, 0.25) is 10.2 Å². The first-order valence-corrected chi connectivity index (χ1v) is 4.01. The van der Waals surface area contributed by atoms with E-state index in [1.54, 1.807) is 0 Å². The quantitative estimate of drug-likeness (QED) is 0.579. The van der Waals surface area contributed by atoms with Gasteiger partial charge in [0.2, 0.25) is 0 Å². The summed E-state index contributed by atoms with van der Waals surface area (Å²) in [4.78, 5) is 14.8. The maximum absolute atomic E-state index is 11.1. The Bertz CT molecular complexity index is 355. The smallest absolute Gasteiger partial charge is 0.341 e. The number of pyridine rings is 1. The number of hydrogen-bond donors (Lipinski definition) is 1. The van der Waals surface area contributed by atoms with E-state index in [0.717, 1.165) is 0 Å². The van der Waals surface area contributed by atoms with Gasteiger partial charge < -0.3 is 10.5 Å². The Kier molecular flexibility index (Phi) is 2.95. The van der Waals surface area contributed by atoms with E-state index in [2.05, 4.69) is 9.72 Å². The van der Waals surface area contributed by atoms with Crippen LogP contribution in [-0.2, 0) is 4.74 Å². The second-order valence-corrected chi connectivity index (χ2v) is 2.92. The second-order valence-electron chi connectivity index (χ2n) is 2.18. The zero-order valence-electron chi connectivity index (χ0n) is 6.67. The summed E-state index contributed by atoms with van der Waals surface area (Å²) in [7, 11) is 1.23. The van der Waals surface area contributed by atoms with E-state index >= 15 is 0 Å². The molecule has 0 aromatic carbocycles. The molecule has 0 atom stereocenters. The number of carbonyl (C=O) groups is 1. The molecule has 0 saturated carbocycles. The summed E-state index contributed by atoms with van der Waals surface area (Å²) < 4.78 is 4.46. The van der Waals surface area contributed by atoms with E-state index in [0.29, 0.717) is 0 Å². The van der Waals surface area contributed by atoms with Crippen molar-refractivity contribution in [2.24, 2.45) is 0 Å². The maximum atomic E-state index is 11.1. The highest BCUT2D eigenvalue weighted by Crippen LogP contribution is 2.28. The summed E-state index contributed by atoms with van der Waals surface area (Å²) in [5.41, 5.74) is 5.65. The molecule has 0 bridgehead atoms. The number of anilines is 1. The Morgan fingerprint density at radius 2 is 2.23 bits per heavy atom. The summed E-state index contributed by atoms with van der Waals surface area (Å²) in [5, 5.41) is 0.0322. The molecule has 0 spiro atoms. The Balaban J connectivity index is 3.33. The highest BCUT2D eigenvalue weighted by atomic mass is 35.5. The molecule has 0 aliphatic heterocycles. The lowest BCUT2D eigenvalue weighted by Crippen LogP contribution is -2.07. The molecule has 1 aromatic rings. The molecule has 1 rings (SSSR count). The lowest BCUT2D eigenvalue weighted by Gasteiger charge is -2.05. The number of nitrogen functional groups attached to an aromatic ring is 1. The average molecular weight is 221 g/mol. The van der Waals surface area contributed by atoms with Gasteiger partial charge in [0.05, 0.1) is 24.0 Å². The predicted molar refractivity (Wildman–Crippen MR) is 50.0 cm³/mol. The largest absolute Gasteiger partial charge is 0.465 e. The van der Waals surface area contributed by atoms with Crippen LogP contribution >= 0.6 is 23.2 Å². The molecule has 0 aliphatic carbocycles. The number of rotatable bonds is 1. The lowest BCUT2D eigenvalue weighted by atomic mass is 10.2. The Hall–Kier alpha value is -1.00. The molecule has 70 valence electrons. The predicted octanol–water partition coefficient (Wildman–Crippen LogP) is 1.76. The van der Waals surface area contributed by atoms with Gasteiger partial charge in [-0.3, -0.25) is 0 Å². The molecule has 13 heavy (non-hydrogen) atoms. The van der Waals surface area contributed by atoms with Crippen molar-refractivity contribution >= 4 is 34.9 Å². The SMILES string of the molecule is COC(=O)c1c(N)cnc(Cl)c1Cl. The number of nitrogens with two attached hydrogens (primary N) is 1. The number of aromatic nitrogens is 1. The monoisotopic (exact) mass is 220 g/mol. The third-order valence-corrected chi connectivity index (χ3v) is 2.15. The van der Waals surface area contributed by atoms with Crippen molar-refractivity contribution in [1.29, 1.82) is 0 Å². The van der Waals surface area contributed by atoms with Gasteiger partial charge in [-0.25, -0.2) is 9.78 Å². The first-order chi connectivity index (χ1) is 6.07. The summed E-state index contributed by atoms with van der Waals surface area (Å²) >= 11 is 11.3. The zero-order valence-corrected chi connectivity index (χ0v) is 8.19. The van der Waals surface area contributed by atoms with Crippen LogP contribution in [0.3, 0.4) is 0 Å². The van der Waals surface area contributed by atoms with Crippen molar-refractivity contribution in [2.75, 3.05) is 12.8 Å². The molecular weight excluding hydrogens is 215 g/mol. The molecule has 4 nitrogen and oxygen atoms in total. The fourth-order valence-corrected chi connectivity index (χ4v) is 1.17. The fraction of sp³-hybridized carbons (Fsp3) is 0.143. The van der Waals surface area contributed by atoms with E-state index in [1.165, 1.54) is 13.3 Å². The van der Waals surface area contributed by atoms with Crippen molar-refractivity contribution < 1.29 is 9.53 Å². The molecule has 0 fully saturated rings. The van der Waals surface area contributed by atoms with Crippen LogP contribution in [0.1, 0.15) is 10.4 Å². The van der Waals surface area contributed by atoms with Gasteiger partial charge in [-0.2, -0.15) is 0 Å². The van der Waals surface area contributed by atoms with Crippen LogP contribution in [0.25, 0.3) is 0 Å². The van der Waals surface area contributed by atoms with E-state index < -0.39 is 5.97 Å². The number of esters is 1. The van der Waals surface area contributed by atoms with Gasteiger partial charge in [0.25, 0.3) is 0 Å². The third-order valence-electron chi connectivity index (χ3n) is 1.40. The molecule has 0 saturated heterocycles. The molecular formula is C7H6Cl2N2O2. The first-order valence-electron chi connectivity index (χ1n) is 3.25. The Morgan fingerprint density at radius 1 is 1.62 bits per heavy atom. The van der Waals surface area contributed by atoms with Crippen molar-refractivity contribution in [2.45, 2.75) is 0 Å². The fourth-order valence-electron chi connectivity index (χ4n) is 0.787. The molecule has 2 N–H and O–H groups in total. The maximum Gasteiger partial charge on any atom is 0.341 e. The van der Waals surface area contributed by atoms with Gasteiger partial charge in [0.1, 0.15) is 10.7 Å². The van der Waals surface area contributed by atoms with Crippen LogP contribution in [-0.4, -0.2) is 18.1 Å². The highest BCUT2D eigenvalue weighted by molar-refractivity contribution is 6.43. The van der Waals surface area contributed by atoms with Gasteiger partial charge in [0, 0.05) is 0 Å². The molecule has 1 heterocycles. The third kappa shape index (κ3) is 1.84. The molecule has 6 heteroatoms. The molecule has 0 amide bonds. The summed E-state index contributed by atoms with van der Waals surface area (Å²) in [6.07, 6.45) is 1.25. The summed E-state index contributed by atoms with van der Waals surface area (Å²) in [5.74, 6) is -0.633. The second kappa shape index (κ2) is 3.81. The van der Waals surface area contributed by atoms with Gasteiger partial charge >= 0.3 is 5.97 Å². The zero-order chi connectivity index (χ0) is 10.0. The molecule has 0 aliphatic rings. The van der Waals surface area contributed by atoms with Crippen molar-refractivity contribution in [1.82, 2.24) is 4.98 Å². The van der Waals surface area contributed by atoms with Crippen molar-refractivity contribution in [3.05, 3.63) is 21.9 Å². The number of hydrogen-bond acceptors (Lipinski definition) is 4. The number of methoxy groups -OCH3 is 1. The normalized spacial score (nSPS) is 9.77. The minimum absolute atomic E-state index is 0.00789. The van der Waals surface area contributed by atoms with Gasteiger partial charge in [-0.05, 0) is 0 Å². The number of nitrogens with zero attached hydrogens (tertiary/aromatic N) is 1. The molecule has 0 radical (unpaired) electrons. The standard InChI is InChI=1S/C7H6Cl2N2O2/c1-13-7(12)4-3(10)2-11-6(9)5(4)8/h2H,10H2,1H3. The Labute approximate surface area is 84.6 Å². The number of ether oxygens (including phenoxy) is 1. The number of halogens is 2. The Morgan fingerprint density at radius 3 is 2.77 bits per heavy atom. The van der Waals surface area contributed by atoms with E-state index in [-0.39, 0.29) is 21.4 Å². The topological polar surface area (TPSA) is 65.2 Å². The van der Waals surface area contributed by atoms with Crippen LogP contribution in [0.15, 0.2) is 6.20 Å². The van der Waals surface area contributed by atoms with E-state index in [1.807, 2.05) is 0 Å². The minimum atomic E-state index is -0.633.